The van der Waals surface area contributed by atoms with Crippen molar-refractivity contribution in [2.45, 2.75) is 38.5 Å². The third-order valence-corrected chi connectivity index (χ3v) is 22.3. The quantitative estimate of drug-likeness (QED) is 0.121. The molecule has 0 unspecified atom stereocenters. The summed E-state index contributed by atoms with van der Waals surface area (Å²) in [6.45, 7) is 9.42. The number of aromatic nitrogens is 6. The van der Waals surface area contributed by atoms with E-state index in [0.29, 0.717) is 11.6 Å². The summed E-state index contributed by atoms with van der Waals surface area (Å²) in [4.78, 5) is 29.1. The fourth-order valence-corrected chi connectivity index (χ4v) is 16.6. The Bertz CT molecular complexity index is 6550. The molecule has 0 saturated heterocycles. The minimum absolute atomic E-state index is 0.0557. The van der Waals surface area contributed by atoms with Gasteiger partial charge in [-0.3, -0.25) is 9.97 Å². The first-order valence-electron chi connectivity index (χ1n) is 37.7. The Kier molecular flexibility index (Phi) is 16.8. The normalized spacial score (nSPS) is 12.7. The topological polar surface area (TPSA) is 77.3 Å². The van der Waals surface area contributed by atoms with E-state index in [4.69, 9.17) is 19.9 Å². The van der Waals surface area contributed by atoms with Crippen molar-refractivity contribution in [1.29, 1.82) is 0 Å². The van der Waals surface area contributed by atoms with Gasteiger partial charge in [0.25, 0.3) is 0 Å². The molecule has 110 heavy (non-hydrogen) atoms. The Labute approximate surface area is 641 Å². The van der Waals surface area contributed by atoms with Crippen molar-refractivity contribution in [2.24, 2.45) is 0 Å². The third kappa shape index (κ3) is 12.4. The van der Waals surface area contributed by atoms with Gasteiger partial charge in [-0.25, -0.2) is 19.9 Å². The Hall–Kier alpha value is -13.9. The maximum absolute atomic E-state index is 5.13. The summed E-state index contributed by atoms with van der Waals surface area (Å²) in [6, 6.07) is 128. The monoisotopic (exact) mass is 1410 g/mol. The first-order valence-corrected chi connectivity index (χ1v) is 37.7. The lowest BCUT2D eigenvalue weighted by Crippen LogP contribution is -2.15. The number of rotatable bonds is 12. The third-order valence-electron chi connectivity index (χ3n) is 22.3. The van der Waals surface area contributed by atoms with E-state index in [1.54, 1.807) is 0 Å². The fraction of sp³-hybridized carbons (Fsp3) is 0.0577. The van der Waals surface area contributed by atoms with E-state index in [1.165, 1.54) is 88.3 Å². The highest BCUT2D eigenvalue weighted by atomic mass is 14.9. The van der Waals surface area contributed by atoms with Crippen LogP contribution in [0.2, 0.25) is 0 Å². The van der Waals surface area contributed by atoms with Gasteiger partial charge in [-0.15, -0.1) is 0 Å². The van der Waals surface area contributed by atoms with E-state index in [0.717, 1.165) is 101 Å². The lowest BCUT2D eigenvalue weighted by atomic mass is 9.80. The number of hydrogen-bond donors (Lipinski definition) is 0. The molecule has 520 valence electrons. The van der Waals surface area contributed by atoms with Crippen molar-refractivity contribution in [3.8, 4) is 157 Å². The summed E-state index contributed by atoms with van der Waals surface area (Å²) >= 11 is 0. The summed E-state index contributed by atoms with van der Waals surface area (Å²) in [5, 5.41) is 5.24. The van der Waals surface area contributed by atoms with Crippen LogP contribution >= 0.6 is 0 Å². The molecular formula is C104H74N6. The lowest BCUT2D eigenvalue weighted by molar-refractivity contribution is 0.661. The number of hydrogen-bond acceptors (Lipinski definition) is 6. The molecule has 0 atom stereocenters. The molecule has 0 bridgehead atoms. The molecule has 0 saturated carbocycles. The summed E-state index contributed by atoms with van der Waals surface area (Å²) in [7, 11) is 0. The number of nitrogens with zero attached hydrogens (tertiary/aromatic N) is 6. The van der Waals surface area contributed by atoms with Crippen molar-refractivity contribution in [1.82, 2.24) is 29.9 Å². The predicted molar refractivity (Wildman–Crippen MR) is 455 cm³/mol. The second kappa shape index (κ2) is 27.8. The van der Waals surface area contributed by atoms with Crippen LogP contribution in [0.4, 0.5) is 0 Å². The van der Waals surface area contributed by atoms with Crippen LogP contribution in [0, 0.1) is 0 Å². The molecule has 0 spiro atoms. The van der Waals surface area contributed by atoms with E-state index < -0.39 is 0 Å². The first-order chi connectivity index (χ1) is 54.0. The zero-order valence-corrected chi connectivity index (χ0v) is 61.5. The van der Waals surface area contributed by atoms with Crippen molar-refractivity contribution in [3.05, 3.63) is 399 Å². The lowest BCUT2D eigenvalue weighted by Gasteiger charge is -2.23. The molecule has 2 aliphatic carbocycles. The minimum atomic E-state index is -0.0723. The fourth-order valence-electron chi connectivity index (χ4n) is 16.6. The summed E-state index contributed by atoms with van der Waals surface area (Å²) in [5.41, 5.74) is 34.2. The Morgan fingerprint density at radius 1 is 0.209 bits per heavy atom. The molecule has 4 heterocycles. The Morgan fingerprint density at radius 3 is 1.10 bits per heavy atom. The highest BCUT2D eigenvalue weighted by molar-refractivity contribution is 6.04. The molecule has 20 rings (SSSR count). The number of benzene rings is 14. The van der Waals surface area contributed by atoms with Crippen LogP contribution in [0.5, 0.6) is 0 Å². The van der Waals surface area contributed by atoms with Crippen LogP contribution < -0.4 is 0 Å². The maximum atomic E-state index is 5.13. The predicted octanol–water partition coefficient (Wildman–Crippen LogP) is 26.7. The van der Waals surface area contributed by atoms with Gasteiger partial charge in [0, 0.05) is 68.4 Å². The van der Waals surface area contributed by atoms with Crippen LogP contribution in [-0.2, 0) is 10.8 Å². The molecule has 6 nitrogen and oxygen atoms in total. The van der Waals surface area contributed by atoms with Gasteiger partial charge in [0.2, 0.25) is 0 Å². The van der Waals surface area contributed by atoms with Crippen molar-refractivity contribution in [3.63, 3.8) is 0 Å². The highest BCUT2D eigenvalue weighted by Crippen LogP contribution is 2.54. The zero-order chi connectivity index (χ0) is 73.9. The van der Waals surface area contributed by atoms with Crippen molar-refractivity contribution < 1.29 is 0 Å². The van der Waals surface area contributed by atoms with E-state index in [-0.39, 0.29) is 10.8 Å². The van der Waals surface area contributed by atoms with E-state index in [1.807, 2.05) is 85.3 Å². The Balaban J connectivity index is 0.000000149. The second-order valence-electron chi connectivity index (χ2n) is 29.8. The van der Waals surface area contributed by atoms with Gasteiger partial charge in [0.15, 0.2) is 11.6 Å². The molecule has 18 aromatic rings. The van der Waals surface area contributed by atoms with Gasteiger partial charge in [0.1, 0.15) is 0 Å². The number of fused-ring (bicyclic) bond motifs is 10. The van der Waals surface area contributed by atoms with Crippen molar-refractivity contribution in [2.75, 3.05) is 0 Å². The summed E-state index contributed by atoms with van der Waals surface area (Å²) < 4.78 is 0. The second-order valence-corrected chi connectivity index (χ2v) is 29.8. The average molecular weight is 1410 g/mol. The van der Waals surface area contributed by atoms with Gasteiger partial charge in [-0.2, -0.15) is 0 Å². The molecule has 0 N–H and O–H groups in total. The van der Waals surface area contributed by atoms with Gasteiger partial charge in [-0.1, -0.05) is 313 Å². The minimum Gasteiger partial charge on any atom is -0.265 e. The van der Waals surface area contributed by atoms with E-state index in [2.05, 4.69) is 329 Å². The van der Waals surface area contributed by atoms with Crippen LogP contribution in [-0.4, -0.2) is 29.9 Å². The molecular weight excluding hydrogens is 1330 g/mol. The molecule has 6 heteroatoms. The zero-order valence-electron chi connectivity index (χ0n) is 61.5. The Morgan fingerprint density at radius 2 is 0.582 bits per heavy atom. The smallest absolute Gasteiger partial charge is 0.160 e. The standard InChI is InChI=1S/2C52H37N3/c1-52(2)47-25-23-42(32-46(47)45-24-22-36-10-6-7-17-44(36)50(45)52)40-14-8-13-39(30-40)41-15-9-16-43(31-41)49-33-48(54-51(55-49)38-11-4-3-5-12-38)37-20-18-34(19-21-37)35-26-28-53-29-27-35;1-52(2)45-27-26-41(32-44(45)50-43-19-7-6-12-34(43)25-28-46(50)52)39-16-10-15-38(30-39)40-17-11-18-42(31-40)49-33-48(54-51(55-49)37-13-4-3-5-14-37)36-23-21-35(22-24-36)47-20-8-9-29-53-47/h2*3-33H,1-2H3. The van der Waals surface area contributed by atoms with Gasteiger partial charge >= 0.3 is 0 Å². The SMILES string of the molecule is CC1(C)c2ccc(-c3cccc(-c4cccc(-c5cc(-c6ccc(-c7ccccn7)cc6)nc(-c6ccccc6)n5)c4)c3)cc2-c2c1ccc1ccccc21.CC1(C)c2ccc(-c3cccc(-c4cccc(-c5cc(-c6ccc(-c7ccncc7)cc6)nc(-c6ccccc6)n5)c4)c3)cc2-c2ccc3ccccc3c21. The van der Waals surface area contributed by atoms with E-state index >= 15 is 0 Å². The molecule has 4 aromatic heterocycles. The van der Waals surface area contributed by atoms with Gasteiger partial charge < -0.3 is 0 Å². The van der Waals surface area contributed by atoms with Crippen LogP contribution in [0.25, 0.3) is 178 Å². The molecule has 2 aliphatic rings. The summed E-state index contributed by atoms with van der Waals surface area (Å²) in [6.07, 6.45) is 5.47. The summed E-state index contributed by atoms with van der Waals surface area (Å²) in [5.74, 6) is 1.40. The van der Waals surface area contributed by atoms with Gasteiger partial charge in [0.05, 0.1) is 28.5 Å². The molecule has 0 aliphatic heterocycles. The molecule has 0 amide bonds. The highest BCUT2D eigenvalue weighted by Gasteiger charge is 2.38. The maximum Gasteiger partial charge on any atom is 0.160 e. The first kappa shape index (κ1) is 66.7. The largest absolute Gasteiger partial charge is 0.265 e. The van der Waals surface area contributed by atoms with Gasteiger partial charge in [-0.05, 0) is 194 Å². The van der Waals surface area contributed by atoms with Crippen LogP contribution in [0.1, 0.15) is 49.9 Å². The van der Waals surface area contributed by atoms with Crippen molar-refractivity contribution >= 4 is 21.5 Å². The van der Waals surface area contributed by atoms with E-state index in [9.17, 15) is 0 Å². The average Bonchev–Trinajstić information content (AvgIpc) is 1.57. The molecule has 14 aromatic carbocycles. The van der Waals surface area contributed by atoms with Crippen LogP contribution in [0.3, 0.4) is 0 Å². The van der Waals surface area contributed by atoms with Crippen LogP contribution in [0.15, 0.2) is 377 Å². The molecule has 0 fully saturated rings. The number of pyridine rings is 2. The molecule has 0 radical (unpaired) electrons.